The van der Waals surface area contributed by atoms with Gasteiger partial charge in [-0.1, -0.05) is 0 Å². The van der Waals surface area contributed by atoms with E-state index in [4.69, 9.17) is 0 Å². The molecule has 0 bridgehead atoms. The predicted molar refractivity (Wildman–Crippen MR) is 73.2 cm³/mol. The van der Waals surface area contributed by atoms with Crippen LogP contribution in [-0.2, 0) is 4.79 Å². The lowest BCUT2D eigenvalue weighted by molar-refractivity contribution is -0.114. The summed E-state index contributed by atoms with van der Waals surface area (Å²) in [5.74, 6) is -11.8. The molecule has 0 fully saturated rings. The maximum atomic E-state index is 13.8. The average molecular weight is 333 g/mol. The van der Waals surface area contributed by atoms with E-state index in [2.05, 4.69) is 5.10 Å². The quantitative estimate of drug-likeness (QED) is 0.361. The number of anilines is 1. The second-order valence-electron chi connectivity index (χ2n) is 5.08. The average Bonchev–Trinajstić information content (AvgIpc) is 2.77. The summed E-state index contributed by atoms with van der Waals surface area (Å²) < 4.78 is 67.3. The zero-order valence-electron chi connectivity index (χ0n) is 12.6. The zero-order chi connectivity index (χ0) is 17.6. The van der Waals surface area contributed by atoms with Crippen LogP contribution < -0.4 is 5.01 Å². The van der Waals surface area contributed by atoms with Gasteiger partial charge < -0.3 is 4.90 Å². The topological polar surface area (TPSA) is 35.9 Å². The van der Waals surface area contributed by atoms with E-state index >= 15 is 0 Å². The fraction of sp³-hybridized carbons (Fsp3) is 0.286. The van der Waals surface area contributed by atoms with Crippen molar-refractivity contribution in [1.29, 1.82) is 0 Å². The lowest BCUT2D eigenvalue weighted by Crippen LogP contribution is -2.27. The molecule has 4 nitrogen and oxygen atoms in total. The van der Waals surface area contributed by atoms with Crippen molar-refractivity contribution in [2.75, 3.05) is 19.1 Å². The summed E-state index contributed by atoms with van der Waals surface area (Å²) in [5, 5.41) is 3.83. The van der Waals surface area contributed by atoms with Crippen molar-refractivity contribution in [3.8, 4) is 0 Å². The van der Waals surface area contributed by atoms with E-state index in [0.29, 0.717) is 5.70 Å². The molecule has 1 amide bonds. The summed E-state index contributed by atoms with van der Waals surface area (Å²) in [5.41, 5.74) is -0.834. The van der Waals surface area contributed by atoms with Gasteiger partial charge in [0.1, 0.15) is 5.69 Å². The van der Waals surface area contributed by atoms with Crippen LogP contribution >= 0.6 is 0 Å². The van der Waals surface area contributed by atoms with E-state index in [1.807, 2.05) is 0 Å². The largest absolute Gasteiger partial charge is 0.380 e. The van der Waals surface area contributed by atoms with Gasteiger partial charge in [-0.15, -0.1) is 0 Å². The number of allylic oxidation sites excluding steroid dienone is 1. The normalized spacial score (nSPS) is 16.8. The molecule has 1 aliphatic heterocycles. The van der Waals surface area contributed by atoms with E-state index in [9.17, 15) is 26.7 Å². The number of hydrogen-bond acceptors (Lipinski definition) is 3. The number of hydrogen-bond donors (Lipinski definition) is 0. The Morgan fingerprint density at radius 2 is 1.39 bits per heavy atom. The van der Waals surface area contributed by atoms with Crippen LogP contribution in [0, 0.1) is 29.1 Å². The van der Waals surface area contributed by atoms with Crippen molar-refractivity contribution in [2.45, 2.75) is 13.8 Å². The van der Waals surface area contributed by atoms with E-state index in [1.165, 1.54) is 6.92 Å². The molecule has 1 heterocycles. The molecular formula is C14H12F5N3O. The zero-order valence-corrected chi connectivity index (χ0v) is 12.6. The van der Waals surface area contributed by atoms with Gasteiger partial charge in [-0.05, 0) is 13.8 Å². The van der Waals surface area contributed by atoms with Crippen molar-refractivity contribution < 1.29 is 26.7 Å². The molecule has 0 saturated carbocycles. The second-order valence-corrected chi connectivity index (χ2v) is 5.08. The minimum Gasteiger partial charge on any atom is -0.380 e. The maximum absolute atomic E-state index is 13.8. The fourth-order valence-corrected chi connectivity index (χ4v) is 2.08. The van der Waals surface area contributed by atoms with Gasteiger partial charge in [0.25, 0.3) is 5.91 Å². The first-order valence-electron chi connectivity index (χ1n) is 6.39. The Morgan fingerprint density at radius 3 is 1.83 bits per heavy atom. The Labute approximate surface area is 128 Å². The Hall–Kier alpha value is -2.45. The van der Waals surface area contributed by atoms with Crippen LogP contribution in [0.25, 0.3) is 0 Å². The highest BCUT2D eigenvalue weighted by Gasteiger charge is 2.38. The van der Waals surface area contributed by atoms with Crippen LogP contribution in [0.4, 0.5) is 27.6 Å². The highest BCUT2D eigenvalue weighted by atomic mass is 19.2. The molecule has 9 heteroatoms. The van der Waals surface area contributed by atoms with Crippen molar-refractivity contribution in [2.24, 2.45) is 5.10 Å². The van der Waals surface area contributed by atoms with Gasteiger partial charge in [-0.25, -0.2) is 22.0 Å². The summed E-state index contributed by atoms with van der Waals surface area (Å²) in [6.07, 6.45) is 0. The number of rotatable bonds is 2. The van der Waals surface area contributed by atoms with Crippen LogP contribution in [0.3, 0.4) is 0 Å². The number of carbonyl (C=O) groups is 1. The standard InChI is InChI=1S/C14H12F5N3O/c1-5-7(6(2)21(3)4)14(23)22(20-5)13-11(18)9(16)8(15)10(17)12(13)19/h1-4H3. The minimum absolute atomic E-state index is 0.0268. The number of hydrazone groups is 1. The number of benzene rings is 1. The molecule has 1 aromatic carbocycles. The number of carbonyl (C=O) groups excluding carboxylic acids is 1. The summed E-state index contributed by atoms with van der Waals surface area (Å²) in [4.78, 5) is 13.9. The molecule has 124 valence electrons. The molecule has 0 radical (unpaired) electrons. The van der Waals surface area contributed by atoms with E-state index in [-0.39, 0.29) is 16.3 Å². The van der Waals surface area contributed by atoms with Gasteiger partial charge in [-0.2, -0.15) is 10.1 Å². The highest BCUT2D eigenvalue weighted by Crippen LogP contribution is 2.34. The molecule has 0 unspecified atom stereocenters. The van der Waals surface area contributed by atoms with Crippen LogP contribution in [0.1, 0.15) is 13.8 Å². The molecule has 0 saturated heterocycles. The maximum Gasteiger partial charge on any atom is 0.282 e. The fourth-order valence-electron chi connectivity index (χ4n) is 2.08. The van der Waals surface area contributed by atoms with Gasteiger partial charge in [0.05, 0.1) is 11.3 Å². The molecule has 0 spiro atoms. The highest BCUT2D eigenvalue weighted by molar-refractivity contribution is 6.30. The lowest BCUT2D eigenvalue weighted by atomic mass is 10.1. The van der Waals surface area contributed by atoms with Crippen LogP contribution in [0.5, 0.6) is 0 Å². The second kappa shape index (κ2) is 5.64. The summed E-state index contributed by atoms with van der Waals surface area (Å²) >= 11 is 0. The molecule has 1 aliphatic rings. The van der Waals surface area contributed by atoms with Gasteiger partial charge >= 0.3 is 0 Å². The molecule has 0 aromatic heterocycles. The molecule has 23 heavy (non-hydrogen) atoms. The molecule has 1 aromatic rings. The number of halogens is 5. The van der Waals surface area contributed by atoms with Crippen molar-refractivity contribution in [3.05, 3.63) is 40.4 Å². The Balaban J connectivity index is 2.68. The summed E-state index contributed by atoms with van der Waals surface area (Å²) in [6.45, 7) is 2.96. The van der Waals surface area contributed by atoms with Crippen molar-refractivity contribution >= 4 is 17.3 Å². The van der Waals surface area contributed by atoms with Gasteiger partial charge in [0.2, 0.25) is 5.82 Å². The van der Waals surface area contributed by atoms with E-state index in [1.54, 1.807) is 25.9 Å². The molecule has 0 N–H and O–H groups in total. The van der Waals surface area contributed by atoms with Crippen LogP contribution in [0.15, 0.2) is 16.4 Å². The monoisotopic (exact) mass is 333 g/mol. The number of amides is 1. The van der Waals surface area contributed by atoms with Crippen LogP contribution in [-0.4, -0.2) is 30.6 Å². The third-order valence-corrected chi connectivity index (χ3v) is 3.45. The molecule has 2 rings (SSSR count). The van der Waals surface area contributed by atoms with Crippen molar-refractivity contribution in [3.63, 3.8) is 0 Å². The van der Waals surface area contributed by atoms with Crippen molar-refractivity contribution in [1.82, 2.24) is 4.90 Å². The van der Waals surface area contributed by atoms with Gasteiger partial charge in [0.15, 0.2) is 23.3 Å². The third-order valence-electron chi connectivity index (χ3n) is 3.45. The Morgan fingerprint density at radius 1 is 0.957 bits per heavy atom. The SMILES string of the molecule is CC1=NN(c2c(F)c(F)c(F)c(F)c2F)C(=O)C1=C(C)N(C)C. The number of nitrogens with zero attached hydrogens (tertiary/aromatic N) is 3. The van der Waals surface area contributed by atoms with Gasteiger partial charge in [0, 0.05) is 19.8 Å². The smallest absolute Gasteiger partial charge is 0.282 e. The molecule has 0 aliphatic carbocycles. The van der Waals surface area contributed by atoms with Gasteiger partial charge in [-0.3, -0.25) is 4.79 Å². The predicted octanol–water partition coefficient (Wildman–Crippen LogP) is 2.94. The molecule has 0 atom stereocenters. The molecular weight excluding hydrogens is 321 g/mol. The van der Waals surface area contributed by atoms with E-state index in [0.717, 1.165) is 0 Å². The Kier molecular flexibility index (Phi) is 4.14. The first-order valence-corrected chi connectivity index (χ1v) is 6.39. The Bertz CT molecular complexity index is 741. The summed E-state index contributed by atoms with van der Waals surface area (Å²) in [6, 6.07) is 0. The minimum atomic E-state index is -2.30. The lowest BCUT2D eigenvalue weighted by Gasteiger charge is -2.17. The van der Waals surface area contributed by atoms with Crippen LogP contribution in [0.2, 0.25) is 0 Å². The first kappa shape index (κ1) is 16.9. The third kappa shape index (κ3) is 2.45. The summed E-state index contributed by atoms with van der Waals surface area (Å²) in [7, 11) is 3.26. The first-order chi connectivity index (χ1) is 10.6. The van der Waals surface area contributed by atoms with E-state index < -0.39 is 40.7 Å².